The molecule has 6 nitrogen and oxygen atoms in total. The minimum atomic E-state index is -0.263. The van der Waals surface area contributed by atoms with Gasteiger partial charge in [0.2, 0.25) is 0 Å². The van der Waals surface area contributed by atoms with Gasteiger partial charge in [-0.1, -0.05) is 0 Å². The highest BCUT2D eigenvalue weighted by Crippen LogP contribution is 2.12. The molecule has 0 aliphatic carbocycles. The molecular formula is C19H25FN4O2S. The molecule has 1 aromatic heterocycles. The Balaban J connectivity index is 1.47. The van der Waals surface area contributed by atoms with Crippen LogP contribution in [0.3, 0.4) is 0 Å². The fourth-order valence-corrected chi connectivity index (χ4v) is 3.40. The van der Waals surface area contributed by atoms with Crippen molar-refractivity contribution in [3.8, 4) is 5.75 Å². The van der Waals surface area contributed by atoms with Crippen LogP contribution in [0.2, 0.25) is 0 Å². The largest absolute Gasteiger partial charge is 0.492 e. The zero-order valence-corrected chi connectivity index (χ0v) is 16.3. The van der Waals surface area contributed by atoms with E-state index in [1.54, 1.807) is 40.9 Å². The molecule has 27 heavy (non-hydrogen) atoms. The molecule has 2 heterocycles. The summed E-state index contributed by atoms with van der Waals surface area (Å²) in [4.78, 5) is 21.3. The monoisotopic (exact) mass is 392 g/mol. The SMILES string of the molecule is CSCCn1ccnc(N2CCN(CCOc3ccc(F)cc3)CC2)c1=O. The topological polar surface area (TPSA) is 50.6 Å². The van der Waals surface area contributed by atoms with Gasteiger partial charge in [-0.05, 0) is 30.5 Å². The zero-order chi connectivity index (χ0) is 19.1. The van der Waals surface area contributed by atoms with Crippen molar-refractivity contribution in [1.29, 1.82) is 0 Å². The lowest BCUT2D eigenvalue weighted by Crippen LogP contribution is -2.49. The fourth-order valence-electron chi connectivity index (χ4n) is 3.03. The summed E-state index contributed by atoms with van der Waals surface area (Å²) >= 11 is 1.72. The molecule has 146 valence electrons. The second-order valence-corrected chi connectivity index (χ2v) is 7.36. The van der Waals surface area contributed by atoms with E-state index in [1.807, 2.05) is 6.26 Å². The molecular weight excluding hydrogens is 367 g/mol. The minimum absolute atomic E-state index is 0.0142. The van der Waals surface area contributed by atoms with Crippen LogP contribution in [0.25, 0.3) is 0 Å². The molecule has 1 aromatic carbocycles. The Morgan fingerprint density at radius 1 is 1.15 bits per heavy atom. The van der Waals surface area contributed by atoms with Gasteiger partial charge in [-0.2, -0.15) is 11.8 Å². The van der Waals surface area contributed by atoms with Gasteiger partial charge in [-0.15, -0.1) is 0 Å². The van der Waals surface area contributed by atoms with Crippen molar-refractivity contribution in [3.63, 3.8) is 0 Å². The van der Waals surface area contributed by atoms with Gasteiger partial charge < -0.3 is 14.2 Å². The van der Waals surface area contributed by atoms with Gasteiger partial charge in [0.25, 0.3) is 5.56 Å². The Bertz CT molecular complexity index is 776. The fraction of sp³-hybridized carbons (Fsp3) is 0.474. The van der Waals surface area contributed by atoms with Crippen LogP contribution in [0.15, 0.2) is 41.5 Å². The third-order valence-electron chi connectivity index (χ3n) is 4.59. The first-order valence-electron chi connectivity index (χ1n) is 9.07. The standard InChI is InChI=1S/C19H25FN4O2S/c1-27-15-13-24-7-6-21-18(19(24)25)23-10-8-22(9-11-23)12-14-26-17-4-2-16(20)3-5-17/h2-7H,8-15H2,1H3. The molecule has 1 fully saturated rings. The maximum absolute atomic E-state index is 12.9. The smallest absolute Gasteiger partial charge is 0.293 e. The summed E-state index contributed by atoms with van der Waals surface area (Å²) in [6.07, 6.45) is 5.50. The summed E-state index contributed by atoms with van der Waals surface area (Å²) in [6.45, 7) is 5.30. The first-order chi connectivity index (χ1) is 13.2. The van der Waals surface area contributed by atoms with Gasteiger partial charge >= 0.3 is 0 Å². The van der Waals surface area contributed by atoms with Crippen molar-refractivity contribution < 1.29 is 9.13 Å². The van der Waals surface area contributed by atoms with Crippen LogP contribution < -0.4 is 15.2 Å². The number of piperazine rings is 1. The Morgan fingerprint density at radius 2 is 1.89 bits per heavy atom. The molecule has 0 saturated carbocycles. The molecule has 0 atom stereocenters. The van der Waals surface area contributed by atoms with Crippen LogP contribution in [0.1, 0.15) is 0 Å². The van der Waals surface area contributed by atoms with Crippen molar-refractivity contribution >= 4 is 17.6 Å². The highest BCUT2D eigenvalue weighted by Gasteiger charge is 2.20. The lowest BCUT2D eigenvalue weighted by Gasteiger charge is -2.34. The molecule has 0 unspecified atom stereocenters. The lowest BCUT2D eigenvalue weighted by molar-refractivity contribution is 0.200. The summed E-state index contributed by atoms with van der Waals surface area (Å²) in [5.74, 6) is 1.86. The second kappa shape index (κ2) is 9.75. The van der Waals surface area contributed by atoms with E-state index in [1.165, 1.54) is 12.1 Å². The first kappa shape index (κ1) is 19.7. The number of hydrogen-bond acceptors (Lipinski definition) is 6. The minimum Gasteiger partial charge on any atom is -0.492 e. The number of thioether (sulfide) groups is 1. The van der Waals surface area contributed by atoms with Gasteiger partial charge in [-0.3, -0.25) is 9.69 Å². The highest BCUT2D eigenvalue weighted by molar-refractivity contribution is 7.98. The Kier molecular flexibility index (Phi) is 7.11. The molecule has 0 N–H and O–H groups in total. The molecule has 3 rings (SSSR count). The number of hydrogen-bond donors (Lipinski definition) is 0. The molecule has 8 heteroatoms. The second-order valence-electron chi connectivity index (χ2n) is 6.37. The van der Waals surface area contributed by atoms with E-state index in [0.717, 1.165) is 38.5 Å². The van der Waals surface area contributed by atoms with Gasteiger partial charge in [-0.25, -0.2) is 9.37 Å². The summed E-state index contributed by atoms with van der Waals surface area (Å²) in [6, 6.07) is 6.06. The van der Waals surface area contributed by atoms with Crippen molar-refractivity contribution in [2.45, 2.75) is 6.54 Å². The van der Waals surface area contributed by atoms with E-state index < -0.39 is 0 Å². The predicted molar refractivity (Wildman–Crippen MR) is 107 cm³/mol. The number of ether oxygens (including phenoxy) is 1. The van der Waals surface area contributed by atoms with Gasteiger partial charge in [0, 0.05) is 57.4 Å². The van der Waals surface area contributed by atoms with Crippen LogP contribution in [-0.4, -0.2) is 65.8 Å². The van der Waals surface area contributed by atoms with Crippen molar-refractivity contribution in [2.75, 3.05) is 56.2 Å². The molecule has 1 saturated heterocycles. The van der Waals surface area contributed by atoms with Gasteiger partial charge in [0.1, 0.15) is 18.2 Å². The molecule has 0 spiro atoms. The van der Waals surface area contributed by atoms with E-state index in [-0.39, 0.29) is 11.4 Å². The molecule has 0 bridgehead atoms. The van der Waals surface area contributed by atoms with Crippen LogP contribution in [0.5, 0.6) is 5.75 Å². The van der Waals surface area contributed by atoms with E-state index in [0.29, 0.717) is 24.7 Å². The average molecular weight is 393 g/mol. The zero-order valence-electron chi connectivity index (χ0n) is 15.5. The van der Waals surface area contributed by atoms with E-state index >= 15 is 0 Å². The third-order valence-corrected chi connectivity index (χ3v) is 5.18. The molecule has 2 aromatic rings. The first-order valence-corrected chi connectivity index (χ1v) is 10.5. The Labute approximate surface area is 162 Å². The maximum Gasteiger partial charge on any atom is 0.293 e. The molecule has 0 amide bonds. The number of aromatic nitrogens is 2. The maximum atomic E-state index is 12.9. The quantitative estimate of drug-likeness (QED) is 0.684. The van der Waals surface area contributed by atoms with E-state index in [4.69, 9.17) is 4.74 Å². The van der Waals surface area contributed by atoms with Crippen LogP contribution in [0.4, 0.5) is 10.2 Å². The third kappa shape index (κ3) is 5.46. The number of anilines is 1. The highest BCUT2D eigenvalue weighted by atomic mass is 32.2. The van der Waals surface area contributed by atoms with Crippen LogP contribution in [0, 0.1) is 5.82 Å². The van der Waals surface area contributed by atoms with Crippen LogP contribution in [-0.2, 0) is 6.54 Å². The Morgan fingerprint density at radius 3 is 2.59 bits per heavy atom. The number of halogens is 1. The van der Waals surface area contributed by atoms with E-state index in [9.17, 15) is 9.18 Å². The van der Waals surface area contributed by atoms with Crippen molar-refractivity contribution in [3.05, 3.63) is 52.8 Å². The predicted octanol–water partition coefficient (Wildman–Crippen LogP) is 1.95. The van der Waals surface area contributed by atoms with E-state index in [2.05, 4.69) is 14.8 Å². The van der Waals surface area contributed by atoms with Crippen molar-refractivity contribution in [2.24, 2.45) is 0 Å². The number of aryl methyl sites for hydroxylation is 1. The Hall–Kier alpha value is -2.06. The summed E-state index contributed by atoms with van der Waals surface area (Å²) in [5.41, 5.74) is -0.0142. The lowest BCUT2D eigenvalue weighted by atomic mass is 10.3. The number of nitrogens with zero attached hydrogens (tertiary/aromatic N) is 4. The van der Waals surface area contributed by atoms with Crippen molar-refractivity contribution in [1.82, 2.24) is 14.5 Å². The van der Waals surface area contributed by atoms with Gasteiger partial charge in [0.05, 0.1) is 0 Å². The number of benzene rings is 1. The number of rotatable bonds is 8. The normalized spacial score (nSPS) is 15.1. The summed E-state index contributed by atoms with van der Waals surface area (Å²) < 4.78 is 20.3. The van der Waals surface area contributed by atoms with Crippen LogP contribution >= 0.6 is 11.8 Å². The van der Waals surface area contributed by atoms with Gasteiger partial charge in [0.15, 0.2) is 5.82 Å². The summed E-state index contributed by atoms with van der Waals surface area (Å²) in [7, 11) is 0. The average Bonchev–Trinajstić information content (AvgIpc) is 2.69. The molecule has 0 radical (unpaired) electrons. The molecule has 1 aliphatic heterocycles. The molecule has 1 aliphatic rings. The summed E-state index contributed by atoms with van der Waals surface area (Å²) in [5, 5.41) is 0.